The van der Waals surface area contributed by atoms with Crippen molar-refractivity contribution in [1.82, 2.24) is 15.5 Å². The topological polar surface area (TPSA) is 44.4 Å². The van der Waals surface area contributed by atoms with E-state index < -0.39 is 5.54 Å². The van der Waals surface area contributed by atoms with Gasteiger partial charge in [0.2, 0.25) is 5.91 Å². The lowest BCUT2D eigenvalue weighted by Crippen LogP contribution is -2.64. The quantitative estimate of drug-likeness (QED) is 0.770. The second-order valence-electron chi connectivity index (χ2n) is 7.53. The molecule has 2 aromatic rings. The molecule has 1 fully saturated rings. The van der Waals surface area contributed by atoms with Crippen LogP contribution in [-0.4, -0.2) is 49.1 Å². The van der Waals surface area contributed by atoms with Crippen LogP contribution in [0, 0.1) is 0 Å². The molecule has 0 unspecified atom stereocenters. The molecule has 1 saturated heterocycles. The number of amides is 1. The highest BCUT2D eigenvalue weighted by Gasteiger charge is 2.48. The average molecular weight is 428 g/mol. The Bertz CT molecular complexity index is 792. The fourth-order valence-electron chi connectivity index (χ4n) is 4.39. The van der Waals surface area contributed by atoms with Crippen LogP contribution in [0.1, 0.15) is 16.7 Å². The number of carbonyl (C=O) groups is 1. The standard InChI is InChI=1S/C22H26BrN3O/c23-20-7-3-4-17(14-20)8-9-25-21(27)22(26-12-10-24-11-13-26)15-18-5-1-2-6-19(18)16-22/h1-7,14,24H,8-13,15-16H2,(H,25,27). The molecule has 27 heavy (non-hydrogen) atoms. The van der Waals surface area contributed by atoms with Gasteiger partial charge in [0.1, 0.15) is 5.54 Å². The highest BCUT2D eigenvalue weighted by molar-refractivity contribution is 9.10. The van der Waals surface area contributed by atoms with Crippen LogP contribution in [0.4, 0.5) is 0 Å². The maximum absolute atomic E-state index is 13.4. The largest absolute Gasteiger partial charge is 0.354 e. The highest BCUT2D eigenvalue weighted by atomic mass is 79.9. The number of hydrogen-bond acceptors (Lipinski definition) is 3. The summed E-state index contributed by atoms with van der Waals surface area (Å²) in [5.41, 5.74) is 3.43. The van der Waals surface area contributed by atoms with Crippen molar-refractivity contribution in [1.29, 1.82) is 0 Å². The minimum Gasteiger partial charge on any atom is -0.354 e. The van der Waals surface area contributed by atoms with Gasteiger partial charge in [0.15, 0.2) is 0 Å². The third-order valence-corrected chi connectivity index (χ3v) is 6.31. The van der Waals surface area contributed by atoms with E-state index in [1.807, 2.05) is 12.1 Å². The van der Waals surface area contributed by atoms with E-state index in [0.717, 1.165) is 49.9 Å². The number of nitrogens with one attached hydrogen (secondary N) is 2. The summed E-state index contributed by atoms with van der Waals surface area (Å²) in [6.07, 6.45) is 2.47. The van der Waals surface area contributed by atoms with Gasteiger partial charge in [-0.2, -0.15) is 0 Å². The Hall–Kier alpha value is -1.69. The van der Waals surface area contributed by atoms with Gasteiger partial charge < -0.3 is 10.6 Å². The molecule has 0 bridgehead atoms. The molecule has 1 amide bonds. The number of fused-ring (bicyclic) bond motifs is 1. The molecule has 2 N–H and O–H groups in total. The molecule has 0 spiro atoms. The van der Waals surface area contributed by atoms with Crippen LogP contribution in [0.2, 0.25) is 0 Å². The van der Waals surface area contributed by atoms with Crippen LogP contribution in [0.25, 0.3) is 0 Å². The number of hydrogen-bond donors (Lipinski definition) is 2. The summed E-state index contributed by atoms with van der Waals surface area (Å²) in [4.78, 5) is 15.8. The second kappa shape index (κ2) is 8.13. The van der Waals surface area contributed by atoms with Crippen LogP contribution < -0.4 is 10.6 Å². The van der Waals surface area contributed by atoms with Crippen molar-refractivity contribution in [3.8, 4) is 0 Å². The maximum atomic E-state index is 13.4. The summed E-state index contributed by atoms with van der Waals surface area (Å²) in [5.74, 6) is 0.176. The zero-order valence-electron chi connectivity index (χ0n) is 15.5. The lowest BCUT2D eigenvalue weighted by molar-refractivity contribution is -0.133. The molecule has 2 aliphatic rings. The molecular weight excluding hydrogens is 402 g/mol. The van der Waals surface area contributed by atoms with Crippen molar-refractivity contribution in [3.05, 3.63) is 69.7 Å². The van der Waals surface area contributed by atoms with E-state index in [9.17, 15) is 4.79 Å². The summed E-state index contributed by atoms with van der Waals surface area (Å²) in [7, 11) is 0. The van der Waals surface area contributed by atoms with E-state index >= 15 is 0 Å². The number of halogens is 1. The molecule has 1 aliphatic heterocycles. The first-order valence-corrected chi connectivity index (χ1v) is 10.5. The van der Waals surface area contributed by atoms with Crippen LogP contribution in [0.5, 0.6) is 0 Å². The Balaban J connectivity index is 1.48. The van der Waals surface area contributed by atoms with E-state index in [4.69, 9.17) is 0 Å². The first-order chi connectivity index (χ1) is 13.2. The van der Waals surface area contributed by atoms with Gasteiger partial charge in [0, 0.05) is 50.0 Å². The molecule has 4 nitrogen and oxygen atoms in total. The van der Waals surface area contributed by atoms with Crippen molar-refractivity contribution < 1.29 is 4.79 Å². The molecule has 142 valence electrons. The van der Waals surface area contributed by atoms with Crippen LogP contribution in [-0.2, 0) is 24.1 Å². The lowest BCUT2D eigenvalue weighted by atomic mass is 9.91. The van der Waals surface area contributed by atoms with Gasteiger partial charge in [0.25, 0.3) is 0 Å². The maximum Gasteiger partial charge on any atom is 0.241 e. The summed E-state index contributed by atoms with van der Waals surface area (Å²) in [6.45, 7) is 4.41. The summed E-state index contributed by atoms with van der Waals surface area (Å²) >= 11 is 3.51. The van der Waals surface area contributed by atoms with Gasteiger partial charge in [0.05, 0.1) is 0 Å². The highest BCUT2D eigenvalue weighted by Crippen LogP contribution is 2.35. The number of piperazine rings is 1. The first-order valence-electron chi connectivity index (χ1n) is 9.73. The summed E-state index contributed by atoms with van der Waals surface area (Å²) in [5, 5.41) is 6.66. The molecule has 0 saturated carbocycles. The molecular formula is C22H26BrN3O. The van der Waals surface area contributed by atoms with Crippen molar-refractivity contribution in [2.24, 2.45) is 0 Å². The zero-order valence-corrected chi connectivity index (χ0v) is 17.1. The smallest absolute Gasteiger partial charge is 0.241 e. The van der Waals surface area contributed by atoms with Gasteiger partial charge in [-0.3, -0.25) is 9.69 Å². The van der Waals surface area contributed by atoms with E-state index in [0.29, 0.717) is 6.54 Å². The molecule has 0 atom stereocenters. The minimum absolute atomic E-state index is 0.176. The predicted molar refractivity (Wildman–Crippen MR) is 112 cm³/mol. The third-order valence-electron chi connectivity index (χ3n) is 5.82. The predicted octanol–water partition coefficient (Wildman–Crippen LogP) is 2.55. The van der Waals surface area contributed by atoms with Crippen molar-refractivity contribution in [2.75, 3.05) is 32.7 Å². The van der Waals surface area contributed by atoms with Gasteiger partial charge in [-0.25, -0.2) is 0 Å². The number of benzene rings is 2. The molecule has 2 aromatic carbocycles. The van der Waals surface area contributed by atoms with Crippen molar-refractivity contribution in [3.63, 3.8) is 0 Å². The van der Waals surface area contributed by atoms with E-state index in [1.54, 1.807) is 0 Å². The second-order valence-corrected chi connectivity index (χ2v) is 8.44. The number of rotatable bonds is 5. The lowest BCUT2D eigenvalue weighted by Gasteiger charge is -2.42. The van der Waals surface area contributed by atoms with Crippen molar-refractivity contribution in [2.45, 2.75) is 24.8 Å². The van der Waals surface area contributed by atoms with Gasteiger partial charge in [-0.1, -0.05) is 52.3 Å². The Labute approximate surface area is 169 Å². The Morgan fingerprint density at radius 2 is 1.78 bits per heavy atom. The van der Waals surface area contributed by atoms with Gasteiger partial charge in [-0.15, -0.1) is 0 Å². The van der Waals surface area contributed by atoms with Crippen LogP contribution in [0.3, 0.4) is 0 Å². The minimum atomic E-state index is -0.441. The molecule has 5 heteroatoms. The monoisotopic (exact) mass is 427 g/mol. The fraction of sp³-hybridized carbons (Fsp3) is 0.409. The third kappa shape index (κ3) is 3.96. The van der Waals surface area contributed by atoms with E-state index in [-0.39, 0.29) is 5.91 Å². The first kappa shape index (κ1) is 18.7. The Morgan fingerprint density at radius 3 is 2.44 bits per heavy atom. The molecule has 1 heterocycles. The summed E-state index contributed by atoms with van der Waals surface area (Å²) < 4.78 is 1.08. The van der Waals surface area contributed by atoms with Gasteiger partial charge >= 0.3 is 0 Å². The average Bonchev–Trinajstić information content (AvgIpc) is 3.10. The van der Waals surface area contributed by atoms with E-state index in [2.05, 4.69) is 67.9 Å². The fourth-order valence-corrected chi connectivity index (χ4v) is 4.84. The number of nitrogens with zero attached hydrogens (tertiary/aromatic N) is 1. The number of carbonyl (C=O) groups excluding carboxylic acids is 1. The molecule has 4 rings (SSSR count). The summed E-state index contributed by atoms with van der Waals surface area (Å²) in [6, 6.07) is 16.8. The molecule has 1 aliphatic carbocycles. The molecule has 0 aromatic heterocycles. The van der Waals surface area contributed by atoms with Crippen LogP contribution in [0.15, 0.2) is 53.0 Å². The van der Waals surface area contributed by atoms with Gasteiger partial charge in [-0.05, 0) is 35.2 Å². The van der Waals surface area contributed by atoms with Crippen LogP contribution >= 0.6 is 15.9 Å². The van der Waals surface area contributed by atoms with Crippen molar-refractivity contribution >= 4 is 21.8 Å². The Kier molecular flexibility index (Phi) is 5.62. The Morgan fingerprint density at radius 1 is 1.07 bits per heavy atom. The molecule has 0 radical (unpaired) electrons. The normalized spacial score (nSPS) is 18.9. The van der Waals surface area contributed by atoms with E-state index in [1.165, 1.54) is 16.7 Å². The SMILES string of the molecule is O=C(NCCc1cccc(Br)c1)C1(N2CCNCC2)Cc2ccccc2C1. The zero-order chi connectivity index (χ0) is 18.7.